The van der Waals surface area contributed by atoms with Crippen LogP contribution in [-0.2, 0) is 10.9 Å². The molecule has 0 spiro atoms. The number of halogens is 3. The van der Waals surface area contributed by atoms with Crippen LogP contribution in [0, 0.1) is 0 Å². The normalized spacial score (nSPS) is 23.0. The van der Waals surface area contributed by atoms with E-state index in [4.69, 9.17) is 4.74 Å². The molecule has 3 rings (SSSR count). The minimum absolute atomic E-state index is 0.0231. The van der Waals surface area contributed by atoms with Crippen molar-refractivity contribution in [1.29, 1.82) is 0 Å². The molecule has 1 saturated heterocycles. The lowest BCUT2D eigenvalue weighted by molar-refractivity contribution is -0.140. The quantitative estimate of drug-likeness (QED) is 0.799. The van der Waals surface area contributed by atoms with Crippen LogP contribution in [-0.4, -0.2) is 30.3 Å². The van der Waals surface area contributed by atoms with Gasteiger partial charge in [0, 0.05) is 24.2 Å². The Morgan fingerprint density at radius 3 is 2.41 bits per heavy atom. The lowest BCUT2D eigenvalue weighted by atomic mass is 10.1. The number of fused-ring (bicyclic) bond motifs is 1. The third-order valence-electron chi connectivity index (χ3n) is 3.75. The first kappa shape index (κ1) is 15.1. The summed E-state index contributed by atoms with van der Waals surface area (Å²) < 4.78 is 45.0. The molecule has 1 aromatic heterocycles. The van der Waals surface area contributed by atoms with Crippen LogP contribution >= 0.6 is 0 Å². The zero-order valence-corrected chi connectivity index (χ0v) is 12.4. The van der Waals surface area contributed by atoms with Gasteiger partial charge < -0.3 is 9.64 Å². The molecule has 22 heavy (non-hydrogen) atoms. The highest BCUT2D eigenvalue weighted by atomic mass is 19.4. The number of anilines is 1. The second kappa shape index (κ2) is 5.43. The summed E-state index contributed by atoms with van der Waals surface area (Å²) in [6, 6.07) is 8.08. The topological polar surface area (TPSA) is 25.4 Å². The number of benzene rings is 1. The van der Waals surface area contributed by atoms with Gasteiger partial charge in [0.25, 0.3) is 0 Å². The number of hydrogen-bond acceptors (Lipinski definition) is 3. The first-order valence-electron chi connectivity index (χ1n) is 7.22. The molecule has 0 N–H and O–H groups in total. The summed E-state index contributed by atoms with van der Waals surface area (Å²) in [5, 5.41) is 0.733. The molecular formula is C16H17F3N2O. The lowest BCUT2D eigenvalue weighted by Gasteiger charge is -2.37. The molecule has 118 valence electrons. The van der Waals surface area contributed by atoms with Crippen LogP contribution in [0.2, 0.25) is 0 Å². The second-order valence-electron chi connectivity index (χ2n) is 5.70. The summed E-state index contributed by atoms with van der Waals surface area (Å²) in [5.74, 6) is 0. The number of para-hydroxylation sites is 1. The first-order valence-corrected chi connectivity index (χ1v) is 7.22. The molecule has 1 aliphatic rings. The standard InChI is InChI=1S/C16H17F3N2O/c1-10-8-21(9-11(2)22-10)14-7-15(16(17,18)19)20-13-6-4-3-5-12(13)14/h3-7,10-11H,8-9H2,1-2H3/t10-,11+. The fourth-order valence-corrected chi connectivity index (χ4v) is 2.94. The Morgan fingerprint density at radius 2 is 1.77 bits per heavy atom. The van der Waals surface area contributed by atoms with E-state index in [0.717, 1.165) is 11.5 Å². The average molecular weight is 310 g/mol. The molecule has 6 heteroatoms. The minimum atomic E-state index is -4.46. The van der Waals surface area contributed by atoms with E-state index in [9.17, 15) is 13.2 Å². The molecule has 0 bridgehead atoms. The largest absolute Gasteiger partial charge is 0.433 e. The third-order valence-corrected chi connectivity index (χ3v) is 3.75. The molecule has 0 saturated carbocycles. The van der Waals surface area contributed by atoms with Gasteiger partial charge in [-0.2, -0.15) is 13.2 Å². The highest BCUT2D eigenvalue weighted by Crippen LogP contribution is 2.35. The van der Waals surface area contributed by atoms with Gasteiger partial charge in [-0.3, -0.25) is 0 Å². The van der Waals surface area contributed by atoms with Crippen molar-refractivity contribution in [3.8, 4) is 0 Å². The van der Waals surface area contributed by atoms with Gasteiger partial charge in [0.1, 0.15) is 5.69 Å². The monoisotopic (exact) mass is 310 g/mol. The van der Waals surface area contributed by atoms with Crippen molar-refractivity contribution in [1.82, 2.24) is 4.98 Å². The molecule has 0 radical (unpaired) electrons. The zero-order valence-electron chi connectivity index (χ0n) is 12.4. The highest BCUT2D eigenvalue weighted by molar-refractivity contribution is 5.92. The predicted molar refractivity (Wildman–Crippen MR) is 79.0 cm³/mol. The van der Waals surface area contributed by atoms with Crippen molar-refractivity contribution in [3.63, 3.8) is 0 Å². The van der Waals surface area contributed by atoms with Crippen LogP contribution in [0.3, 0.4) is 0 Å². The molecule has 2 aromatic rings. The van der Waals surface area contributed by atoms with E-state index in [1.54, 1.807) is 12.1 Å². The van der Waals surface area contributed by atoms with Crippen molar-refractivity contribution in [2.75, 3.05) is 18.0 Å². The molecule has 0 unspecified atom stereocenters. The molecule has 0 amide bonds. The molecule has 1 aliphatic heterocycles. The maximum Gasteiger partial charge on any atom is 0.433 e. The van der Waals surface area contributed by atoms with Gasteiger partial charge in [-0.15, -0.1) is 0 Å². The SMILES string of the molecule is C[C@@H]1CN(c2cc(C(F)(F)F)nc3ccccc23)C[C@H](C)O1. The number of ether oxygens (including phenoxy) is 1. The van der Waals surface area contributed by atoms with Crippen LogP contribution in [0.4, 0.5) is 18.9 Å². The Hall–Kier alpha value is -1.82. The predicted octanol–water partition coefficient (Wildman–Crippen LogP) is 3.87. The second-order valence-corrected chi connectivity index (χ2v) is 5.70. The number of pyridine rings is 1. The summed E-state index contributed by atoms with van der Waals surface area (Å²) in [5.41, 5.74) is 0.0760. The van der Waals surface area contributed by atoms with E-state index in [-0.39, 0.29) is 12.2 Å². The molecular weight excluding hydrogens is 293 g/mol. The van der Waals surface area contributed by atoms with E-state index in [0.29, 0.717) is 24.3 Å². The van der Waals surface area contributed by atoms with Gasteiger partial charge in [0.15, 0.2) is 0 Å². The van der Waals surface area contributed by atoms with Crippen molar-refractivity contribution in [3.05, 3.63) is 36.0 Å². The van der Waals surface area contributed by atoms with Crippen molar-refractivity contribution in [2.24, 2.45) is 0 Å². The zero-order chi connectivity index (χ0) is 15.9. The maximum absolute atomic E-state index is 13.1. The number of hydrogen-bond donors (Lipinski definition) is 0. The van der Waals surface area contributed by atoms with Crippen LogP contribution in [0.5, 0.6) is 0 Å². The van der Waals surface area contributed by atoms with E-state index in [1.165, 1.54) is 0 Å². The van der Waals surface area contributed by atoms with Gasteiger partial charge in [0.05, 0.1) is 17.7 Å². The van der Waals surface area contributed by atoms with E-state index in [2.05, 4.69) is 4.98 Å². The Morgan fingerprint density at radius 1 is 1.14 bits per heavy atom. The number of nitrogens with zero attached hydrogens (tertiary/aromatic N) is 2. The number of aromatic nitrogens is 1. The molecule has 3 nitrogen and oxygen atoms in total. The third kappa shape index (κ3) is 2.88. The molecule has 2 atom stereocenters. The number of rotatable bonds is 1. The van der Waals surface area contributed by atoms with Crippen molar-refractivity contribution in [2.45, 2.75) is 32.2 Å². The van der Waals surface area contributed by atoms with Gasteiger partial charge in [0.2, 0.25) is 0 Å². The maximum atomic E-state index is 13.1. The van der Waals surface area contributed by atoms with E-state index in [1.807, 2.05) is 30.9 Å². The van der Waals surface area contributed by atoms with E-state index < -0.39 is 11.9 Å². The molecule has 1 fully saturated rings. The lowest BCUT2D eigenvalue weighted by Crippen LogP contribution is -2.45. The fraction of sp³-hybridized carbons (Fsp3) is 0.438. The molecule has 1 aromatic carbocycles. The van der Waals surface area contributed by atoms with Crippen molar-refractivity contribution >= 4 is 16.6 Å². The van der Waals surface area contributed by atoms with Crippen molar-refractivity contribution < 1.29 is 17.9 Å². The van der Waals surface area contributed by atoms with E-state index >= 15 is 0 Å². The first-order chi connectivity index (χ1) is 10.3. The average Bonchev–Trinajstić information content (AvgIpc) is 2.44. The Kier molecular flexibility index (Phi) is 3.72. The molecule has 2 heterocycles. The molecule has 0 aliphatic carbocycles. The fourth-order valence-electron chi connectivity index (χ4n) is 2.94. The van der Waals surface area contributed by atoms with Gasteiger partial charge in [-0.25, -0.2) is 4.98 Å². The summed E-state index contributed by atoms with van der Waals surface area (Å²) in [4.78, 5) is 5.71. The summed E-state index contributed by atoms with van der Waals surface area (Å²) in [7, 11) is 0. The Balaban J connectivity index is 2.14. The number of alkyl halides is 3. The number of morpholine rings is 1. The van der Waals surface area contributed by atoms with Crippen LogP contribution in [0.1, 0.15) is 19.5 Å². The van der Waals surface area contributed by atoms with Gasteiger partial charge in [-0.05, 0) is 26.0 Å². The Labute approximate surface area is 126 Å². The minimum Gasteiger partial charge on any atom is -0.372 e. The van der Waals surface area contributed by atoms with Gasteiger partial charge >= 0.3 is 6.18 Å². The summed E-state index contributed by atoms with van der Waals surface area (Å²) >= 11 is 0. The highest BCUT2D eigenvalue weighted by Gasteiger charge is 2.34. The smallest absolute Gasteiger partial charge is 0.372 e. The van der Waals surface area contributed by atoms with Gasteiger partial charge in [-0.1, -0.05) is 18.2 Å². The Bertz CT molecular complexity index is 677. The summed E-state index contributed by atoms with van der Waals surface area (Å²) in [6.45, 7) is 4.98. The van der Waals surface area contributed by atoms with Crippen LogP contribution in [0.25, 0.3) is 10.9 Å². The van der Waals surface area contributed by atoms with Crippen LogP contribution in [0.15, 0.2) is 30.3 Å². The summed E-state index contributed by atoms with van der Waals surface area (Å²) in [6.07, 6.45) is -4.50. The van der Waals surface area contributed by atoms with Crippen LogP contribution < -0.4 is 4.90 Å².